The molecule has 0 aliphatic heterocycles. The minimum Gasteiger partial charge on any atom is -0.345 e. The van der Waals surface area contributed by atoms with Gasteiger partial charge in [0, 0.05) is 16.2 Å². The van der Waals surface area contributed by atoms with Crippen LogP contribution in [0.15, 0.2) is 41.3 Å². The van der Waals surface area contributed by atoms with Crippen LogP contribution in [0.2, 0.25) is 10.0 Å². The second-order valence-corrected chi connectivity index (χ2v) is 5.12. The molecule has 0 bridgehead atoms. The summed E-state index contributed by atoms with van der Waals surface area (Å²) >= 11 is 11.9. The van der Waals surface area contributed by atoms with Gasteiger partial charge in [0.25, 0.3) is 11.5 Å². The number of benzene rings is 1. The molecule has 0 radical (unpaired) electrons. The molecule has 2 aromatic rings. The van der Waals surface area contributed by atoms with Gasteiger partial charge in [0.2, 0.25) is 0 Å². The summed E-state index contributed by atoms with van der Waals surface area (Å²) < 4.78 is 0. The second-order valence-electron chi connectivity index (χ2n) is 4.27. The molecule has 104 valence electrons. The predicted molar refractivity (Wildman–Crippen MR) is 79.4 cm³/mol. The Morgan fingerprint density at radius 2 is 2.05 bits per heavy atom. The molecule has 0 spiro atoms. The first kappa shape index (κ1) is 14.6. The smallest absolute Gasteiger partial charge is 0.260 e. The van der Waals surface area contributed by atoms with Crippen LogP contribution in [0.1, 0.15) is 28.9 Å². The van der Waals surface area contributed by atoms with Crippen LogP contribution < -0.4 is 10.9 Å². The molecule has 2 N–H and O–H groups in total. The van der Waals surface area contributed by atoms with Crippen LogP contribution in [0, 0.1) is 0 Å². The lowest BCUT2D eigenvalue weighted by atomic mass is 10.1. The molecule has 1 aromatic heterocycles. The van der Waals surface area contributed by atoms with Gasteiger partial charge in [0.1, 0.15) is 5.56 Å². The van der Waals surface area contributed by atoms with Crippen molar-refractivity contribution in [2.75, 3.05) is 0 Å². The number of aromatic amines is 1. The Bertz CT molecular complexity index is 698. The average molecular weight is 311 g/mol. The van der Waals surface area contributed by atoms with E-state index in [0.717, 1.165) is 5.56 Å². The molecule has 1 unspecified atom stereocenters. The van der Waals surface area contributed by atoms with Crippen LogP contribution >= 0.6 is 23.2 Å². The lowest BCUT2D eigenvalue weighted by Gasteiger charge is -2.15. The second kappa shape index (κ2) is 6.11. The Balaban J connectivity index is 2.20. The van der Waals surface area contributed by atoms with Crippen molar-refractivity contribution in [3.05, 3.63) is 68.1 Å². The van der Waals surface area contributed by atoms with Crippen molar-refractivity contribution >= 4 is 29.1 Å². The summed E-state index contributed by atoms with van der Waals surface area (Å²) in [5.41, 5.74) is 0.362. The normalized spacial score (nSPS) is 11.9. The Hall–Kier alpha value is -1.78. The Labute approximate surface area is 125 Å². The van der Waals surface area contributed by atoms with E-state index < -0.39 is 11.5 Å². The number of H-pyrrole nitrogens is 1. The molecular formula is C14H12Cl2N2O2. The minimum atomic E-state index is -0.453. The SMILES string of the molecule is CC(NC(=O)c1ccc[nH]c1=O)c1ccc(Cl)cc1Cl. The van der Waals surface area contributed by atoms with Crippen molar-refractivity contribution < 1.29 is 4.79 Å². The average Bonchev–Trinajstić information content (AvgIpc) is 2.38. The highest BCUT2D eigenvalue weighted by Gasteiger charge is 2.16. The molecule has 1 atom stereocenters. The van der Waals surface area contributed by atoms with Gasteiger partial charge in [0.05, 0.1) is 6.04 Å². The van der Waals surface area contributed by atoms with E-state index in [9.17, 15) is 9.59 Å². The fraction of sp³-hybridized carbons (Fsp3) is 0.143. The molecule has 0 aliphatic carbocycles. The molecule has 20 heavy (non-hydrogen) atoms. The predicted octanol–water partition coefficient (Wildman–Crippen LogP) is 3.17. The number of nitrogens with one attached hydrogen (secondary N) is 2. The van der Waals surface area contributed by atoms with Gasteiger partial charge in [0.15, 0.2) is 0 Å². The molecule has 0 saturated carbocycles. The standard InChI is InChI=1S/C14H12Cl2N2O2/c1-8(10-5-4-9(15)7-12(10)16)18-14(20)11-3-2-6-17-13(11)19/h2-8H,1H3,(H,17,19)(H,18,20). The summed E-state index contributed by atoms with van der Waals surface area (Å²) in [6.07, 6.45) is 1.47. The van der Waals surface area contributed by atoms with Crippen molar-refractivity contribution in [2.45, 2.75) is 13.0 Å². The molecule has 1 aromatic carbocycles. The zero-order valence-corrected chi connectivity index (χ0v) is 12.1. The molecular weight excluding hydrogens is 299 g/mol. The number of halogens is 2. The van der Waals surface area contributed by atoms with E-state index in [1.54, 1.807) is 31.2 Å². The van der Waals surface area contributed by atoms with E-state index in [0.29, 0.717) is 10.0 Å². The molecule has 0 saturated heterocycles. The summed E-state index contributed by atoms with van der Waals surface area (Å²) in [5.74, 6) is -0.453. The van der Waals surface area contributed by atoms with E-state index in [-0.39, 0.29) is 11.6 Å². The fourth-order valence-corrected chi connectivity index (χ4v) is 2.38. The Morgan fingerprint density at radius 3 is 2.70 bits per heavy atom. The third-order valence-corrected chi connectivity index (χ3v) is 3.40. The number of rotatable bonds is 3. The van der Waals surface area contributed by atoms with Crippen molar-refractivity contribution in [1.82, 2.24) is 10.3 Å². The number of pyridine rings is 1. The van der Waals surface area contributed by atoms with Gasteiger partial charge < -0.3 is 10.3 Å². The first-order valence-corrected chi connectivity index (χ1v) is 6.68. The van der Waals surface area contributed by atoms with Crippen LogP contribution in [-0.4, -0.2) is 10.9 Å². The fourth-order valence-electron chi connectivity index (χ4n) is 1.81. The van der Waals surface area contributed by atoms with Gasteiger partial charge >= 0.3 is 0 Å². The van der Waals surface area contributed by atoms with Crippen molar-refractivity contribution in [3.8, 4) is 0 Å². The Morgan fingerprint density at radius 1 is 1.30 bits per heavy atom. The van der Waals surface area contributed by atoms with Crippen LogP contribution in [0.4, 0.5) is 0 Å². The number of aromatic nitrogens is 1. The minimum absolute atomic E-state index is 0.0597. The van der Waals surface area contributed by atoms with Gasteiger partial charge in [-0.05, 0) is 36.8 Å². The number of carbonyl (C=O) groups is 1. The topological polar surface area (TPSA) is 62.0 Å². The maximum Gasteiger partial charge on any atom is 0.260 e. The summed E-state index contributed by atoms with van der Waals surface area (Å²) in [5, 5.41) is 3.72. The van der Waals surface area contributed by atoms with Crippen molar-refractivity contribution in [3.63, 3.8) is 0 Å². The van der Waals surface area contributed by atoms with E-state index in [4.69, 9.17) is 23.2 Å². The van der Waals surface area contributed by atoms with E-state index in [1.807, 2.05) is 0 Å². The summed E-state index contributed by atoms with van der Waals surface area (Å²) in [4.78, 5) is 26.0. The Kier molecular flexibility index (Phi) is 4.47. The van der Waals surface area contributed by atoms with Crippen molar-refractivity contribution in [1.29, 1.82) is 0 Å². The van der Waals surface area contributed by atoms with Gasteiger partial charge in [-0.2, -0.15) is 0 Å². The zero-order chi connectivity index (χ0) is 14.7. The maximum absolute atomic E-state index is 12.0. The molecule has 1 heterocycles. The lowest BCUT2D eigenvalue weighted by molar-refractivity contribution is 0.0938. The number of hydrogen-bond donors (Lipinski definition) is 2. The number of hydrogen-bond acceptors (Lipinski definition) is 2. The monoisotopic (exact) mass is 310 g/mol. The molecule has 2 rings (SSSR count). The van der Waals surface area contributed by atoms with Gasteiger partial charge in [-0.25, -0.2) is 0 Å². The van der Waals surface area contributed by atoms with Gasteiger partial charge in [-0.1, -0.05) is 29.3 Å². The highest BCUT2D eigenvalue weighted by molar-refractivity contribution is 6.35. The van der Waals surface area contributed by atoms with E-state index in [2.05, 4.69) is 10.3 Å². The van der Waals surface area contributed by atoms with Crippen LogP contribution in [0.3, 0.4) is 0 Å². The molecule has 4 nitrogen and oxygen atoms in total. The third kappa shape index (κ3) is 3.21. The largest absolute Gasteiger partial charge is 0.345 e. The van der Waals surface area contributed by atoms with Gasteiger partial charge in [-0.3, -0.25) is 9.59 Å². The lowest BCUT2D eigenvalue weighted by Crippen LogP contribution is -2.31. The number of carbonyl (C=O) groups excluding carboxylic acids is 1. The highest BCUT2D eigenvalue weighted by atomic mass is 35.5. The first-order valence-electron chi connectivity index (χ1n) is 5.92. The van der Waals surface area contributed by atoms with Crippen molar-refractivity contribution in [2.24, 2.45) is 0 Å². The highest BCUT2D eigenvalue weighted by Crippen LogP contribution is 2.26. The molecule has 0 fully saturated rings. The van der Waals surface area contributed by atoms with E-state index >= 15 is 0 Å². The first-order chi connectivity index (χ1) is 9.49. The maximum atomic E-state index is 12.0. The van der Waals surface area contributed by atoms with Crippen LogP contribution in [0.25, 0.3) is 0 Å². The molecule has 0 aliphatic rings. The summed E-state index contributed by atoms with van der Waals surface area (Å²) in [6.45, 7) is 1.78. The zero-order valence-electron chi connectivity index (χ0n) is 10.6. The summed E-state index contributed by atoms with van der Waals surface area (Å²) in [6, 6.07) is 7.76. The number of amides is 1. The van der Waals surface area contributed by atoms with E-state index in [1.165, 1.54) is 12.3 Å². The third-order valence-electron chi connectivity index (χ3n) is 2.84. The quantitative estimate of drug-likeness (QED) is 0.914. The summed E-state index contributed by atoms with van der Waals surface area (Å²) in [7, 11) is 0. The molecule has 6 heteroatoms. The van der Waals surface area contributed by atoms with Gasteiger partial charge in [-0.15, -0.1) is 0 Å². The van der Waals surface area contributed by atoms with Crippen LogP contribution in [-0.2, 0) is 0 Å². The van der Waals surface area contributed by atoms with Crippen LogP contribution in [0.5, 0.6) is 0 Å². The molecule has 1 amide bonds.